The molecular weight excluding hydrogens is 382 g/mol. The maximum Gasteiger partial charge on any atom is 0.268 e. The topological polar surface area (TPSA) is 127 Å². The molecule has 8 nitrogen and oxygen atoms in total. The third kappa shape index (κ3) is 7.59. The number of aromatic nitrogens is 1. The lowest BCUT2D eigenvalue weighted by Crippen LogP contribution is -2.53. The van der Waals surface area contributed by atoms with Crippen LogP contribution in [0.5, 0.6) is 0 Å². The highest BCUT2D eigenvalue weighted by molar-refractivity contribution is 6.00. The molecule has 0 bridgehead atoms. The molecule has 1 aromatic carbocycles. The Hall–Kier alpha value is -3.34. The Morgan fingerprint density at radius 1 is 1.13 bits per heavy atom. The molecule has 30 heavy (non-hydrogen) atoms. The number of H-pyrrole nitrogens is 1. The van der Waals surface area contributed by atoms with E-state index < -0.39 is 11.5 Å². The molecule has 0 saturated carbocycles. The average molecular weight is 414 g/mol. The van der Waals surface area contributed by atoms with Crippen LogP contribution in [0, 0.1) is 16.7 Å². The molecule has 1 heterocycles. The van der Waals surface area contributed by atoms with E-state index >= 15 is 0 Å². The first kappa shape index (κ1) is 24.7. The van der Waals surface area contributed by atoms with Crippen LogP contribution in [-0.4, -0.2) is 41.8 Å². The zero-order valence-corrected chi connectivity index (χ0v) is 18.3. The molecule has 4 N–H and O–H groups in total. The third-order valence-electron chi connectivity index (χ3n) is 4.21. The van der Waals surface area contributed by atoms with Crippen LogP contribution < -0.4 is 16.0 Å². The van der Waals surface area contributed by atoms with Gasteiger partial charge >= 0.3 is 0 Å². The van der Waals surface area contributed by atoms with Crippen molar-refractivity contribution in [3.63, 3.8) is 0 Å². The monoisotopic (exact) mass is 413 g/mol. The Labute approximate surface area is 177 Å². The minimum absolute atomic E-state index is 0.0896. The smallest absolute Gasteiger partial charge is 0.268 e. The number of amides is 3. The molecule has 0 aliphatic carbocycles. The summed E-state index contributed by atoms with van der Waals surface area (Å²) in [5.41, 5.74) is 0.772. The van der Waals surface area contributed by atoms with Gasteiger partial charge in [-0.1, -0.05) is 45.9 Å². The van der Waals surface area contributed by atoms with Gasteiger partial charge in [0.15, 0.2) is 0 Å². The Bertz CT molecular complexity index is 872. The molecule has 0 aliphatic heterocycles. The number of hydrogen-bond donors (Lipinski definition) is 4. The van der Waals surface area contributed by atoms with Gasteiger partial charge in [-0.3, -0.25) is 14.4 Å². The fraction of sp³-hybridized carbons (Fsp3) is 0.455. The predicted molar refractivity (Wildman–Crippen MR) is 117 cm³/mol. The summed E-state index contributed by atoms with van der Waals surface area (Å²) in [6.45, 7) is 9.97. The lowest BCUT2D eigenvalue weighted by atomic mass is 9.86. The summed E-state index contributed by atoms with van der Waals surface area (Å²) in [7, 11) is 0. The number of aromatic amines is 1. The summed E-state index contributed by atoms with van der Waals surface area (Å²) in [6.07, 6.45) is 0.591. The van der Waals surface area contributed by atoms with E-state index in [1.807, 2.05) is 65.0 Å². The molecule has 1 atom stereocenters. The first-order valence-electron chi connectivity index (χ1n) is 9.94. The van der Waals surface area contributed by atoms with Gasteiger partial charge in [-0.15, -0.1) is 0 Å². The molecule has 0 fully saturated rings. The fourth-order valence-electron chi connectivity index (χ4n) is 2.63. The van der Waals surface area contributed by atoms with Gasteiger partial charge in [0.2, 0.25) is 11.8 Å². The van der Waals surface area contributed by atoms with Crippen LogP contribution in [0.3, 0.4) is 0 Å². The van der Waals surface area contributed by atoms with Crippen LogP contribution >= 0.6 is 0 Å². The van der Waals surface area contributed by atoms with Crippen molar-refractivity contribution < 1.29 is 14.4 Å². The summed E-state index contributed by atoms with van der Waals surface area (Å²) in [6, 6.07) is 10.4. The lowest BCUT2D eigenvalue weighted by molar-refractivity contribution is -0.125. The standard InChI is InChI=1S/C17H20N4O2.C5H11NO/c1-17(2,3)14(16(23)19-9-8-18)21-15(22)13-10-11-6-4-5-7-12(11)20-13;1-3-5(7)6-4-2/h4-7,10,14,20H,9H2,1-3H3,(H,19,23)(H,21,22);3-4H2,1-2H3,(H,6,7). The number of hydrogen-bond acceptors (Lipinski definition) is 4. The number of carbonyl (C=O) groups excluding carboxylic acids is 3. The van der Waals surface area contributed by atoms with Crippen molar-refractivity contribution in [1.82, 2.24) is 20.9 Å². The maximum atomic E-state index is 12.5. The summed E-state index contributed by atoms with van der Waals surface area (Å²) in [5, 5.41) is 17.4. The molecule has 0 aliphatic rings. The number of nitrogens with zero attached hydrogens (tertiary/aromatic N) is 1. The lowest BCUT2D eigenvalue weighted by Gasteiger charge is -2.29. The number of carbonyl (C=O) groups is 3. The van der Waals surface area contributed by atoms with Crippen LogP contribution in [0.1, 0.15) is 51.5 Å². The molecule has 0 saturated heterocycles. The summed E-state index contributed by atoms with van der Waals surface area (Å²) >= 11 is 0. The first-order chi connectivity index (χ1) is 14.1. The largest absolute Gasteiger partial charge is 0.356 e. The van der Waals surface area contributed by atoms with E-state index in [1.54, 1.807) is 6.07 Å². The fourth-order valence-corrected chi connectivity index (χ4v) is 2.63. The van der Waals surface area contributed by atoms with E-state index in [-0.39, 0.29) is 24.3 Å². The Kier molecular flexibility index (Phi) is 9.56. The SMILES string of the molecule is CC(C)(C)C(NC(=O)c1cc2ccccc2[nH]1)C(=O)NCC#N.CCNC(=O)CC. The second-order valence-corrected chi connectivity index (χ2v) is 7.73. The molecule has 3 amide bonds. The zero-order chi connectivity index (χ0) is 22.7. The van der Waals surface area contributed by atoms with Gasteiger partial charge < -0.3 is 20.9 Å². The van der Waals surface area contributed by atoms with Crippen molar-refractivity contribution in [3.8, 4) is 6.07 Å². The Balaban J connectivity index is 0.000000553. The van der Waals surface area contributed by atoms with Crippen molar-refractivity contribution >= 4 is 28.6 Å². The van der Waals surface area contributed by atoms with E-state index in [9.17, 15) is 14.4 Å². The van der Waals surface area contributed by atoms with E-state index in [2.05, 4.69) is 20.9 Å². The van der Waals surface area contributed by atoms with Crippen LogP contribution in [-0.2, 0) is 9.59 Å². The predicted octanol–water partition coefficient (Wildman–Crippen LogP) is 2.48. The third-order valence-corrected chi connectivity index (χ3v) is 4.21. The van der Waals surface area contributed by atoms with Gasteiger partial charge in [0.25, 0.3) is 5.91 Å². The molecule has 1 aromatic heterocycles. The van der Waals surface area contributed by atoms with Crippen molar-refractivity contribution in [1.29, 1.82) is 5.26 Å². The van der Waals surface area contributed by atoms with Gasteiger partial charge in [0.1, 0.15) is 18.3 Å². The van der Waals surface area contributed by atoms with Crippen molar-refractivity contribution in [2.24, 2.45) is 5.41 Å². The second-order valence-electron chi connectivity index (χ2n) is 7.73. The average Bonchev–Trinajstić information content (AvgIpc) is 3.14. The summed E-state index contributed by atoms with van der Waals surface area (Å²) in [5.74, 6) is -0.598. The molecule has 1 unspecified atom stereocenters. The molecule has 2 aromatic rings. The number of rotatable bonds is 6. The molecule has 162 valence electrons. The van der Waals surface area contributed by atoms with E-state index in [0.29, 0.717) is 12.1 Å². The molecular formula is C22H31N5O3. The van der Waals surface area contributed by atoms with Crippen LogP contribution in [0.15, 0.2) is 30.3 Å². The zero-order valence-electron chi connectivity index (χ0n) is 18.3. The van der Waals surface area contributed by atoms with Crippen LogP contribution in [0.4, 0.5) is 0 Å². The number of nitrogens with one attached hydrogen (secondary N) is 4. The van der Waals surface area contributed by atoms with Crippen LogP contribution in [0.25, 0.3) is 10.9 Å². The van der Waals surface area contributed by atoms with E-state index in [1.165, 1.54) is 0 Å². The number of fused-ring (bicyclic) bond motifs is 1. The minimum atomic E-state index is -0.741. The van der Waals surface area contributed by atoms with Crippen LogP contribution in [0.2, 0.25) is 0 Å². The molecule has 2 rings (SSSR count). The highest BCUT2D eigenvalue weighted by Gasteiger charge is 2.33. The van der Waals surface area contributed by atoms with Gasteiger partial charge in [0, 0.05) is 23.9 Å². The normalized spacial score (nSPS) is 11.5. The number of nitriles is 1. The minimum Gasteiger partial charge on any atom is -0.356 e. The highest BCUT2D eigenvalue weighted by Crippen LogP contribution is 2.21. The van der Waals surface area contributed by atoms with Gasteiger partial charge in [0.05, 0.1) is 6.07 Å². The number of benzene rings is 1. The molecule has 0 spiro atoms. The Morgan fingerprint density at radius 3 is 2.30 bits per heavy atom. The highest BCUT2D eigenvalue weighted by atomic mass is 16.2. The number of para-hydroxylation sites is 1. The van der Waals surface area contributed by atoms with E-state index in [0.717, 1.165) is 17.4 Å². The second kappa shape index (κ2) is 11.6. The van der Waals surface area contributed by atoms with Crippen molar-refractivity contribution in [3.05, 3.63) is 36.0 Å². The molecule has 0 radical (unpaired) electrons. The van der Waals surface area contributed by atoms with Gasteiger partial charge in [-0.25, -0.2) is 0 Å². The quantitative estimate of drug-likeness (QED) is 0.543. The summed E-state index contributed by atoms with van der Waals surface area (Å²) in [4.78, 5) is 38.0. The van der Waals surface area contributed by atoms with Crippen molar-refractivity contribution in [2.75, 3.05) is 13.1 Å². The Morgan fingerprint density at radius 2 is 1.80 bits per heavy atom. The first-order valence-corrected chi connectivity index (χ1v) is 9.94. The maximum absolute atomic E-state index is 12.5. The molecule has 8 heteroatoms. The van der Waals surface area contributed by atoms with E-state index in [4.69, 9.17) is 5.26 Å². The van der Waals surface area contributed by atoms with Gasteiger partial charge in [-0.2, -0.15) is 5.26 Å². The van der Waals surface area contributed by atoms with Gasteiger partial charge in [-0.05, 0) is 24.5 Å². The van der Waals surface area contributed by atoms with Crippen molar-refractivity contribution in [2.45, 2.75) is 47.1 Å². The summed E-state index contributed by atoms with van der Waals surface area (Å²) < 4.78 is 0.